The number of aromatic nitrogens is 1. The van der Waals surface area contributed by atoms with E-state index < -0.39 is 0 Å². The van der Waals surface area contributed by atoms with Gasteiger partial charge in [-0.05, 0) is 25.3 Å². The van der Waals surface area contributed by atoms with Crippen LogP contribution in [0.3, 0.4) is 0 Å². The van der Waals surface area contributed by atoms with Crippen molar-refractivity contribution in [2.75, 3.05) is 6.54 Å². The van der Waals surface area contributed by atoms with Gasteiger partial charge in [0.15, 0.2) is 0 Å². The number of hydrogen-bond donors (Lipinski definition) is 1. The van der Waals surface area contributed by atoms with Crippen LogP contribution in [-0.2, 0) is 6.42 Å². The summed E-state index contributed by atoms with van der Waals surface area (Å²) in [5.41, 5.74) is 1.94. The van der Waals surface area contributed by atoms with Gasteiger partial charge in [-0.25, -0.2) is 0 Å². The number of nitrogens with zero attached hydrogens (tertiary/aromatic N) is 1. The van der Waals surface area contributed by atoms with Crippen LogP contribution in [0.25, 0.3) is 10.9 Å². The summed E-state index contributed by atoms with van der Waals surface area (Å²) in [5, 5.41) is 0.868. The number of nitrogens with one attached hydrogen (secondary N) is 1. The van der Waals surface area contributed by atoms with Gasteiger partial charge in [-0.15, -0.1) is 0 Å². The standard InChI is InChI=1S/C15H14N2O2/c18-14-11-8-9-4-3-7-17(9)15(19)13(11)10-5-1-2-6-12(10)16-14/h1-2,5-6,9H,3-4,7-8H2,(H,16,18)/t9-/m0/s1. The van der Waals surface area contributed by atoms with Crippen LogP contribution in [-0.4, -0.2) is 28.4 Å². The molecule has 1 N–H and O–H groups in total. The number of fused-ring (bicyclic) bond motifs is 4. The van der Waals surface area contributed by atoms with E-state index in [9.17, 15) is 9.59 Å². The molecule has 0 aliphatic carbocycles. The molecule has 0 saturated carbocycles. The van der Waals surface area contributed by atoms with E-state index in [-0.39, 0.29) is 17.5 Å². The van der Waals surface area contributed by atoms with Crippen molar-refractivity contribution < 1.29 is 4.79 Å². The second kappa shape index (κ2) is 3.70. The average Bonchev–Trinajstić information content (AvgIpc) is 2.88. The highest BCUT2D eigenvalue weighted by atomic mass is 16.2. The summed E-state index contributed by atoms with van der Waals surface area (Å²) in [6, 6.07) is 7.77. The zero-order valence-corrected chi connectivity index (χ0v) is 10.5. The van der Waals surface area contributed by atoms with Crippen molar-refractivity contribution in [3.63, 3.8) is 0 Å². The van der Waals surface area contributed by atoms with Crippen LogP contribution in [0.5, 0.6) is 0 Å². The maximum atomic E-state index is 12.6. The lowest BCUT2D eigenvalue weighted by Crippen LogP contribution is -2.43. The van der Waals surface area contributed by atoms with Gasteiger partial charge in [-0.3, -0.25) is 9.59 Å². The van der Waals surface area contributed by atoms with E-state index in [1.54, 1.807) is 0 Å². The lowest BCUT2D eigenvalue weighted by Gasteiger charge is -2.31. The molecule has 1 atom stereocenters. The summed E-state index contributed by atoms with van der Waals surface area (Å²) in [5.74, 6) is 0.0334. The molecule has 3 heterocycles. The average molecular weight is 254 g/mol. The van der Waals surface area contributed by atoms with Crippen molar-refractivity contribution >= 4 is 16.8 Å². The van der Waals surface area contributed by atoms with Gasteiger partial charge in [0.2, 0.25) is 0 Å². The lowest BCUT2D eigenvalue weighted by molar-refractivity contribution is 0.0716. The Kier molecular flexibility index (Phi) is 2.10. The van der Waals surface area contributed by atoms with E-state index in [2.05, 4.69) is 4.98 Å². The van der Waals surface area contributed by atoms with Crippen molar-refractivity contribution in [2.45, 2.75) is 25.3 Å². The Morgan fingerprint density at radius 1 is 1.21 bits per heavy atom. The Labute approximate surface area is 110 Å². The highest BCUT2D eigenvalue weighted by Gasteiger charge is 2.37. The molecule has 96 valence electrons. The van der Waals surface area contributed by atoms with Crippen LogP contribution in [0.4, 0.5) is 0 Å². The maximum absolute atomic E-state index is 12.6. The normalized spacial score (nSPS) is 21.6. The second-order valence-corrected chi connectivity index (χ2v) is 5.35. The summed E-state index contributed by atoms with van der Waals surface area (Å²) in [7, 11) is 0. The van der Waals surface area contributed by atoms with E-state index in [1.165, 1.54) is 0 Å². The quantitative estimate of drug-likeness (QED) is 0.777. The van der Waals surface area contributed by atoms with E-state index in [0.717, 1.165) is 30.3 Å². The van der Waals surface area contributed by atoms with Crippen molar-refractivity contribution in [1.29, 1.82) is 0 Å². The summed E-state index contributed by atoms with van der Waals surface area (Å²) >= 11 is 0. The third-order valence-electron chi connectivity index (χ3n) is 4.31. The molecule has 1 saturated heterocycles. The highest BCUT2D eigenvalue weighted by Crippen LogP contribution is 2.31. The number of carbonyl (C=O) groups excluding carboxylic acids is 1. The molecule has 1 aromatic carbocycles. The number of benzene rings is 1. The molecule has 0 bridgehead atoms. The Hall–Kier alpha value is -2.10. The molecule has 2 aliphatic heterocycles. The minimum absolute atomic E-state index is 0.0334. The molecule has 1 aromatic heterocycles. The number of amides is 1. The molecule has 1 amide bonds. The molecule has 2 aromatic rings. The fourth-order valence-electron chi connectivity index (χ4n) is 3.42. The fourth-order valence-corrected chi connectivity index (χ4v) is 3.42. The van der Waals surface area contributed by atoms with E-state index >= 15 is 0 Å². The first-order valence-electron chi connectivity index (χ1n) is 6.70. The number of H-pyrrole nitrogens is 1. The van der Waals surface area contributed by atoms with Gasteiger partial charge in [-0.1, -0.05) is 18.2 Å². The van der Waals surface area contributed by atoms with Crippen LogP contribution < -0.4 is 5.56 Å². The molecule has 2 aliphatic rings. The van der Waals surface area contributed by atoms with Gasteiger partial charge in [0.05, 0.1) is 5.56 Å². The van der Waals surface area contributed by atoms with Crippen molar-refractivity contribution in [1.82, 2.24) is 9.88 Å². The number of carbonyl (C=O) groups is 1. The first-order valence-corrected chi connectivity index (χ1v) is 6.70. The Balaban J connectivity index is 2.07. The summed E-state index contributed by atoms with van der Waals surface area (Å²) in [4.78, 5) is 29.7. The number of rotatable bonds is 0. The van der Waals surface area contributed by atoms with Crippen molar-refractivity contribution in [3.8, 4) is 0 Å². The van der Waals surface area contributed by atoms with Gasteiger partial charge in [0.1, 0.15) is 0 Å². The van der Waals surface area contributed by atoms with Gasteiger partial charge in [0, 0.05) is 29.1 Å². The first kappa shape index (κ1) is 10.8. The van der Waals surface area contributed by atoms with Crippen LogP contribution in [0.15, 0.2) is 29.1 Å². The summed E-state index contributed by atoms with van der Waals surface area (Å²) < 4.78 is 0. The molecule has 4 heteroatoms. The van der Waals surface area contributed by atoms with Crippen LogP contribution in [0.2, 0.25) is 0 Å². The SMILES string of the molecule is O=C1c2c(c(=O)[nH]c3ccccc23)C[C@@H]2CCCN12. The zero-order valence-electron chi connectivity index (χ0n) is 10.5. The largest absolute Gasteiger partial charge is 0.335 e. The van der Waals surface area contributed by atoms with Crippen molar-refractivity contribution in [3.05, 3.63) is 45.7 Å². The monoisotopic (exact) mass is 254 g/mol. The molecule has 19 heavy (non-hydrogen) atoms. The Morgan fingerprint density at radius 2 is 2.05 bits per heavy atom. The lowest BCUT2D eigenvalue weighted by atomic mass is 9.92. The van der Waals surface area contributed by atoms with Gasteiger partial charge < -0.3 is 9.88 Å². The van der Waals surface area contributed by atoms with Gasteiger partial charge >= 0.3 is 0 Å². The van der Waals surface area contributed by atoms with Crippen molar-refractivity contribution in [2.24, 2.45) is 0 Å². The molecule has 0 radical (unpaired) electrons. The van der Waals surface area contributed by atoms with Gasteiger partial charge in [-0.2, -0.15) is 0 Å². The first-order chi connectivity index (χ1) is 9.25. The van der Waals surface area contributed by atoms with Crippen LogP contribution in [0, 0.1) is 0 Å². The van der Waals surface area contributed by atoms with Gasteiger partial charge in [0.25, 0.3) is 11.5 Å². The minimum Gasteiger partial charge on any atom is -0.335 e. The molecule has 1 fully saturated rings. The topological polar surface area (TPSA) is 53.2 Å². The predicted molar refractivity (Wildman–Crippen MR) is 72.3 cm³/mol. The van der Waals surface area contributed by atoms with E-state index in [1.807, 2.05) is 29.2 Å². The molecule has 0 unspecified atom stereocenters. The second-order valence-electron chi connectivity index (χ2n) is 5.35. The Morgan fingerprint density at radius 3 is 2.95 bits per heavy atom. The molecule has 4 rings (SSSR count). The number of pyridine rings is 1. The Bertz CT molecular complexity index is 747. The summed E-state index contributed by atoms with van der Waals surface area (Å²) in [6.45, 7) is 0.823. The van der Waals surface area contributed by atoms with E-state index in [4.69, 9.17) is 0 Å². The molecule has 4 nitrogen and oxygen atoms in total. The molecule has 0 spiro atoms. The summed E-state index contributed by atoms with van der Waals surface area (Å²) in [6.07, 6.45) is 2.75. The number of para-hydroxylation sites is 1. The minimum atomic E-state index is -0.103. The predicted octanol–water partition coefficient (Wildman–Crippen LogP) is 1.69. The molecular weight excluding hydrogens is 240 g/mol. The third-order valence-corrected chi connectivity index (χ3v) is 4.31. The number of hydrogen-bond acceptors (Lipinski definition) is 2. The molecular formula is C15H14N2O2. The van der Waals surface area contributed by atoms with E-state index in [0.29, 0.717) is 17.5 Å². The number of aromatic amines is 1. The highest BCUT2D eigenvalue weighted by molar-refractivity contribution is 6.08. The zero-order chi connectivity index (χ0) is 13.0. The fraction of sp³-hybridized carbons (Fsp3) is 0.333. The maximum Gasteiger partial charge on any atom is 0.255 e. The third kappa shape index (κ3) is 1.40. The smallest absolute Gasteiger partial charge is 0.255 e. The van der Waals surface area contributed by atoms with Crippen LogP contribution in [0.1, 0.15) is 28.8 Å². The van der Waals surface area contributed by atoms with Crippen LogP contribution >= 0.6 is 0 Å².